The van der Waals surface area contributed by atoms with Crippen LogP contribution in [0.5, 0.6) is 0 Å². The molecular formula is C20H12O3. The van der Waals surface area contributed by atoms with Crippen LogP contribution in [0.25, 0.3) is 21.7 Å². The van der Waals surface area contributed by atoms with Gasteiger partial charge in [-0.3, -0.25) is 4.79 Å². The minimum atomic E-state index is -0.366. The molecule has 0 atom stereocenters. The first-order valence-corrected chi connectivity index (χ1v) is 7.29. The molecule has 3 nitrogen and oxygen atoms in total. The summed E-state index contributed by atoms with van der Waals surface area (Å²) in [7, 11) is 0. The van der Waals surface area contributed by atoms with Gasteiger partial charge in [0.2, 0.25) is 0 Å². The van der Waals surface area contributed by atoms with E-state index >= 15 is 0 Å². The van der Waals surface area contributed by atoms with Crippen LogP contribution in [0.2, 0.25) is 0 Å². The number of fused-ring (bicyclic) bond motifs is 3. The van der Waals surface area contributed by atoms with Crippen LogP contribution >= 0.6 is 0 Å². The Balaban J connectivity index is 1.98. The molecule has 0 aliphatic carbocycles. The third-order valence-corrected chi connectivity index (χ3v) is 3.92. The summed E-state index contributed by atoms with van der Waals surface area (Å²) in [6, 6.07) is 21.5. The van der Waals surface area contributed by atoms with Crippen LogP contribution in [0.3, 0.4) is 0 Å². The van der Waals surface area contributed by atoms with Gasteiger partial charge in [-0.2, -0.15) is 0 Å². The molecule has 0 saturated carbocycles. The van der Waals surface area contributed by atoms with E-state index in [0.717, 1.165) is 10.8 Å². The monoisotopic (exact) mass is 300 g/mol. The van der Waals surface area contributed by atoms with Crippen LogP contribution in [-0.2, 0) is 0 Å². The van der Waals surface area contributed by atoms with Gasteiger partial charge in [0.25, 0.3) is 0 Å². The maximum absolute atomic E-state index is 12.6. The van der Waals surface area contributed by atoms with E-state index in [-0.39, 0.29) is 11.4 Å². The standard InChI is InChI=1S/C20H12O3/c21-19(13-6-2-1-3-7-13)14-10-11-18-17(12-14)15-8-4-5-9-16(15)20(22)23-18/h1-12H. The molecule has 0 unspecified atom stereocenters. The zero-order chi connectivity index (χ0) is 15.8. The van der Waals surface area contributed by atoms with Crippen LogP contribution < -0.4 is 5.63 Å². The van der Waals surface area contributed by atoms with Gasteiger partial charge in [-0.25, -0.2) is 4.79 Å². The second kappa shape index (κ2) is 5.21. The molecule has 3 aromatic carbocycles. The zero-order valence-electron chi connectivity index (χ0n) is 12.2. The maximum atomic E-state index is 12.6. The normalized spacial score (nSPS) is 11.0. The van der Waals surface area contributed by atoms with E-state index < -0.39 is 0 Å². The van der Waals surface area contributed by atoms with E-state index in [0.29, 0.717) is 22.1 Å². The van der Waals surface area contributed by atoms with Gasteiger partial charge in [0, 0.05) is 16.5 Å². The van der Waals surface area contributed by atoms with Crippen LogP contribution in [-0.4, -0.2) is 5.78 Å². The Morgan fingerprint density at radius 3 is 2.17 bits per heavy atom. The molecule has 0 saturated heterocycles. The van der Waals surface area contributed by atoms with Gasteiger partial charge in [-0.15, -0.1) is 0 Å². The molecule has 1 heterocycles. The molecule has 0 N–H and O–H groups in total. The Labute approximate surface area is 131 Å². The smallest absolute Gasteiger partial charge is 0.344 e. The topological polar surface area (TPSA) is 47.3 Å². The second-order valence-electron chi connectivity index (χ2n) is 5.34. The first-order valence-electron chi connectivity index (χ1n) is 7.29. The van der Waals surface area contributed by atoms with Crippen molar-refractivity contribution in [3.8, 4) is 0 Å². The summed E-state index contributed by atoms with van der Waals surface area (Å²) in [5.41, 5.74) is 1.32. The third kappa shape index (κ3) is 2.23. The lowest BCUT2D eigenvalue weighted by Crippen LogP contribution is -2.03. The third-order valence-electron chi connectivity index (χ3n) is 3.92. The van der Waals surface area contributed by atoms with E-state index in [1.807, 2.05) is 30.3 Å². The Bertz CT molecular complexity index is 1090. The Morgan fingerprint density at radius 1 is 0.696 bits per heavy atom. The predicted octanol–water partition coefficient (Wildman–Crippen LogP) is 4.18. The van der Waals surface area contributed by atoms with Crippen molar-refractivity contribution in [1.29, 1.82) is 0 Å². The summed E-state index contributed by atoms with van der Waals surface area (Å²) in [6.07, 6.45) is 0. The van der Waals surface area contributed by atoms with Crippen molar-refractivity contribution in [2.45, 2.75) is 0 Å². The molecule has 0 bridgehead atoms. The second-order valence-corrected chi connectivity index (χ2v) is 5.34. The lowest BCUT2D eigenvalue weighted by molar-refractivity contribution is 0.103. The average molecular weight is 300 g/mol. The molecular weight excluding hydrogens is 288 g/mol. The first-order chi connectivity index (χ1) is 11.2. The molecule has 0 amide bonds. The van der Waals surface area contributed by atoms with Gasteiger partial charge in [0.1, 0.15) is 5.58 Å². The maximum Gasteiger partial charge on any atom is 0.344 e. The van der Waals surface area contributed by atoms with E-state index in [1.54, 1.807) is 42.5 Å². The van der Waals surface area contributed by atoms with Crippen molar-refractivity contribution in [2.75, 3.05) is 0 Å². The number of carbonyl (C=O) groups is 1. The lowest BCUT2D eigenvalue weighted by atomic mass is 10.00. The molecule has 4 rings (SSSR count). The van der Waals surface area contributed by atoms with Gasteiger partial charge in [0.15, 0.2) is 5.78 Å². The number of rotatable bonds is 2. The SMILES string of the molecule is O=C(c1ccccc1)c1ccc2oc(=O)c3ccccc3c2c1. The van der Waals surface area contributed by atoms with E-state index in [9.17, 15) is 9.59 Å². The summed E-state index contributed by atoms with van der Waals surface area (Å²) in [5.74, 6) is -0.0530. The van der Waals surface area contributed by atoms with Gasteiger partial charge < -0.3 is 4.42 Å². The average Bonchev–Trinajstić information content (AvgIpc) is 2.62. The van der Waals surface area contributed by atoms with Crippen LogP contribution in [0, 0.1) is 0 Å². The highest BCUT2D eigenvalue weighted by molar-refractivity contribution is 6.13. The van der Waals surface area contributed by atoms with E-state index in [2.05, 4.69) is 0 Å². The zero-order valence-corrected chi connectivity index (χ0v) is 12.2. The van der Waals surface area contributed by atoms with Gasteiger partial charge >= 0.3 is 5.63 Å². The number of hydrogen-bond acceptors (Lipinski definition) is 3. The molecule has 110 valence electrons. The van der Waals surface area contributed by atoms with Crippen molar-refractivity contribution < 1.29 is 9.21 Å². The predicted molar refractivity (Wildman–Crippen MR) is 89.9 cm³/mol. The quantitative estimate of drug-likeness (QED) is 0.317. The lowest BCUT2D eigenvalue weighted by Gasteiger charge is -2.05. The van der Waals surface area contributed by atoms with Crippen LogP contribution in [0.4, 0.5) is 0 Å². The molecule has 3 heteroatoms. The summed E-state index contributed by atoms with van der Waals surface area (Å²) in [5, 5.41) is 2.08. The Hall–Kier alpha value is -3.20. The highest BCUT2D eigenvalue weighted by Gasteiger charge is 2.12. The largest absolute Gasteiger partial charge is 0.422 e. The van der Waals surface area contributed by atoms with Crippen molar-refractivity contribution >= 4 is 27.5 Å². The molecule has 4 aromatic rings. The minimum absolute atomic E-state index is 0.0530. The van der Waals surface area contributed by atoms with Gasteiger partial charge in [0.05, 0.1) is 5.39 Å². The minimum Gasteiger partial charge on any atom is -0.422 e. The van der Waals surface area contributed by atoms with Crippen molar-refractivity contribution in [3.63, 3.8) is 0 Å². The fourth-order valence-corrected chi connectivity index (χ4v) is 2.78. The molecule has 0 fully saturated rings. The van der Waals surface area contributed by atoms with Gasteiger partial charge in [-0.05, 0) is 29.7 Å². The van der Waals surface area contributed by atoms with Crippen molar-refractivity contribution in [3.05, 3.63) is 94.3 Å². The summed E-state index contributed by atoms with van der Waals surface area (Å²) in [6.45, 7) is 0. The van der Waals surface area contributed by atoms with E-state index in [1.165, 1.54) is 0 Å². The van der Waals surface area contributed by atoms with Crippen molar-refractivity contribution in [1.82, 2.24) is 0 Å². The first kappa shape index (κ1) is 13.5. The van der Waals surface area contributed by atoms with Crippen molar-refractivity contribution in [2.24, 2.45) is 0 Å². The molecule has 1 aromatic heterocycles. The summed E-state index contributed by atoms with van der Waals surface area (Å²) in [4.78, 5) is 24.6. The number of benzene rings is 3. The molecule has 23 heavy (non-hydrogen) atoms. The number of hydrogen-bond donors (Lipinski definition) is 0. The highest BCUT2D eigenvalue weighted by Crippen LogP contribution is 2.24. The van der Waals surface area contributed by atoms with Crippen LogP contribution in [0.15, 0.2) is 82.0 Å². The highest BCUT2D eigenvalue weighted by atomic mass is 16.4. The molecule has 0 radical (unpaired) electrons. The fourth-order valence-electron chi connectivity index (χ4n) is 2.78. The Kier molecular flexibility index (Phi) is 3.05. The molecule has 0 aliphatic heterocycles. The fraction of sp³-hybridized carbons (Fsp3) is 0. The molecule has 0 aliphatic rings. The summed E-state index contributed by atoms with van der Waals surface area (Å²) >= 11 is 0. The number of ketones is 1. The number of carbonyl (C=O) groups excluding carboxylic acids is 1. The Morgan fingerprint density at radius 2 is 1.39 bits per heavy atom. The van der Waals surface area contributed by atoms with Gasteiger partial charge in [-0.1, -0.05) is 48.5 Å². The van der Waals surface area contributed by atoms with Crippen LogP contribution in [0.1, 0.15) is 15.9 Å². The summed E-state index contributed by atoms with van der Waals surface area (Å²) < 4.78 is 5.35. The molecule has 0 spiro atoms. The van der Waals surface area contributed by atoms with E-state index in [4.69, 9.17) is 4.42 Å².